The summed E-state index contributed by atoms with van der Waals surface area (Å²) in [5, 5.41) is 8.16. The minimum Gasteiger partial charge on any atom is -0.309 e. The minimum absolute atomic E-state index is 0.533. The molecule has 18 heavy (non-hydrogen) atoms. The second-order valence-electron chi connectivity index (χ2n) is 5.80. The van der Waals surface area contributed by atoms with Crippen LogP contribution in [-0.2, 0) is 6.54 Å². The van der Waals surface area contributed by atoms with E-state index >= 15 is 0 Å². The molecule has 3 rings (SSSR count). The summed E-state index contributed by atoms with van der Waals surface area (Å²) in [6.45, 7) is 6.42. The Hall–Kier alpha value is -0.830. The van der Waals surface area contributed by atoms with Crippen LogP contribution in [0.4, 0.5) is 0 Å². The number of hydrogen-bond donors (Lipinski definition) is 1. The van der Waals surface area contributed by atoms with Crippen LogP contribution in [0.1, 0.15) is 51.3 Å². The molecule has 0 bridgehead atoms. The monoisotopic (exact) mass is 247 g/mol. The first-order valence-electron chi connectivity index (χ1n) is 7.61. The lowest BCUT2D eigenvalue weighted by Crippen LogP contribution is -2.26. The third-order valence-corrected chi connectivity index (χ3v) is 4.90. The summed E-state index contributed by atoms with van der Waals surface area (Å²) in [6.07, 6.45) is 7.76. The largest absolute Gasteiger partial charge is 0.309 e. The minimum atomic E-state index is 0.533. The molecule has 100 valence electrons. The predicted molar refractivity (Wildman–Crippen MR) is 73.3 cm³/mol. The summed E-state index contributed by atoms with van der Waals surface area (Å²) in [7, 11) is 0. The Labute approximate surface area is 110 Å². The lowest BCUT2D eigenvalue weighted by atomic mass is 10.0. The second-order valence-corrected chi connectivity index (χ2v) is 5.80. The Morgan fingerprint density at radius 1 is 1.33 bits per heavy atom. The van der Waals surface area contributed by atoms with Gasteiger partial charge in [0.1, 0.15) is 0 Å². The summed E-state index contributed by atoms with van der Waals surface area (Å²) in [6, 6.07) is 2.74. The molecule has 0 radical (unpaired) electrons. The fourth-order valence-corrected chi connectivity index (χ4v) is 4.07. The van der Waals surface area contributed by atoms with Crippen molar-refractivity contribution in [3.63, 3.8) is 0 Å². The van der Waals surface area contributed by atoms with E-state index in [4.69, 9.17) is 0 Å². The van der Waals surface area contributed by atoms with Crippen molar-refractivity contribution in [2.45, 2.75) is 52.1 Å². The lowest BCUT2D eigenvalue weighted by Gasteiger charge is -2.19. The van der Waals surface area contributed by atoms with Crippen molar-refractivity contribution >= 4 is 0 Å². The molecule has 3 nitrogen and oxygen atoms in total. The molecule has 0 spiro atoms. The van der Waals surface area contributed by atoms with Gasteiger partial charge >= 0.3 is 0 Å². The highest BCUT2D eigenvalue weighted by Crippen LogP contribution is 2.60. The van der Waals surface area contributed by atoms with Crippen LogP contribution in [0, 0.1) is 17.8 Å². The van der Waals surface area contributed by atoms with E-state index in [0.29, 0.717) is 6.04 Å². The SMILES string of the molecule is CCNC(c1ccnn1CC)C1C2CCCCC21. The average molecular weight is 247 g/mol. The van der Waals surface area contributed by atoms with Crippen molar-refractivity contribution < 1.29 is 0 Å². The van der Waals surface area contributed by atoms with E-state index in [1.807, 2.05) is 6.20 Å². The fourth-order valence-electron chi connectivity index (χ4n) is 4.07. The highest BCUT2D eigenvalue weighted by molar-refractivity contribution is 5.16. The molecule has 0 aromatic carbocycles. The number of nitrogens with one attached hydrogen (secondary N) is 1. The van der Waals surface area contributed by atoms with Gasteiger partial charge in [0.05, 0.1) is 11.7 Å². The predicted octanol–water partition coefficient (Wildman–Crippen LogP) is 2.99. The molecule has 1 heterocycles. The number of nitrogens with zero attached hydrogens (tertiary/aromatic N) is 2. The molecule has 1 aromatic heterocycles. The molecule has 0 aliphatic heterocycles. The first-order chi connectivity index (χ1) is 8.86. The number of aryl methyl sites for hydroxylation is 1. The van der Waals surface area contributed by atoms with E-state index in [1.54, 1.807) is 0 Å². The molecular formula is C15H25N3. The Bertz CT molecular complexity index is 386. The Balaban J connectivity index is 1.80. The van der Waals surface area contributed by atoms with Gasteiger partial charge in [-0.3, -0.25) is 4.68 Å². The lowest BCUT2D eigenvalue weighted by molar-refractivity contribution is 0.421. The van der Waals surface area contributed by atoms with Crippen LogP contribution in [0.5, 0.6) is 0 Å². The van der Waals surface area contributed by atoms with Crippen molar-refractivity contribution in [3.8, 4) is 0 Å². The van der Waals surface area contributed by atoms with E-state index in [9.17, 15) is 0 Å². The smallest absolute Gasteiger partial charge is 0.0556 e. The van der Waals surface area contributed by atoms with Crippen molar-refractivity contribution in [3.05, 3.63) is 18.0 Å². The van der Waals surface area contributed by atoms with Gasteiger partial charge in [-0.15, -0.1) is 0 Å². The summed E-state index contributed by atoms with van der Waals surface area (Å²) in [4.78, 5) is 0. The molecule has 0 saturated heterocycles. The molecule has 3 heteroatoms. The summed E-state index contributed by atoms with van der Waals surface area (Å²) in [5.74, 6) is 2.85. The second kappa shape index (κ2) is 5.04. The first-order valence-corrected chi connectivity index (χ1v) is 7.61. The van der Waals surface area contributed by atoms with Gasteiger partial charge in [0.2, 0.25) is 0 Å². The van der Waals surface area contributed by atoms with Crippen LogP contribution >= 0.6 is 0 Å². The van der Waals surface area contributed by atoms with Crippen molar-refractivity contribution in [2.24, 2.45) is 17.8 Å². The third kappa shape index (κ3) is 1.99. The standard InChI is InChI=1S/C15H25N3/c1-3-16-15(13-9-10-17-18(13)4-2)14-11-7-5-6-8-12(11)14/h9-12,14-16H,3-8H2,1-2H3. The molecule has 3 unspecified atom stereocenters. The maximum Gasteiger partial charge on any atom is 0.0556 e. The van der Waals surface area contributed by atoms with Crippen molar-refractivity contribution in [2.75, 3.05) is 6.54 Å². The van der Waals surface area contributed by atoms with Gasteiger partial charge in [0.25, 0.3) is 0 Å². The summed E-state index contributed by atoms with van der Waals surface area (Å²) in [5.41, 5.74) is 1.40. The highest BCUT2D eigenvalue weighted by Gasteiger charge is 2.54. The summed E-state index contributed by atoms with van der Waals surface area (Å²) < 4.78 is 2.16. The van der Waals surface area contributed by atoms with Crippen LogP contribution in [0.3, 0.4) is 0 Å². The van der Waals surface area contributed by atoms with Gasteiger partial charge in [-0.1, -0.05) is 19.8 Å². The molecule has 3 atom stereocenters. The zero-order chi connectivity index (χ0) is 12.5. The van der Waals surface area contributed by atoms with Crippen molar-refractivity contribution in [1.29, 1.82) is 0 Å². The van der Waals surface area contributed by atoms with Gasteiger partial charge in [-0.25, -0.2) is 0 Å². The van der Waals surface area contributed by atoms with E-state index in [0.717, 1.165) is 30.8 Å². The number of hydrogen-bond acceptors (Lipinski definition) is 2. The van der Waals surface area contributed by atoms with Crippen LogP contribution in [0.25, 0.3) is 0 Å². The Kier molecular flexibility index (Phi) is 3.42. The van der Waals surface area contributed by atoms with E-state index in [2.05, 4.69) is 35.0 Å². The maximum atomic E-state index is 4.44. The van der Waals surface area contributed by atoms with E-state index in [-0.39, 0.29) is 0 Å². The quantitative estimate of drug-likeness (QED) is 0.867. The molecule has 1 aromatic rings. The molecule has 2 fully saturated rings. The third-order valence-electron chi connectivity index (χ3n) is 4.90. The maximum absolute atomic E-state index is 4.44. The van der Waals surface area contributed by atoms with Gasteiger partial charge in [0.15, 0.2) is 0 Å². The topological polar surface area (TPSA) is 29.9 Å². The van der Waals surface area contributed by atoms with Gasteiger partial charge < -0.3 is 5.32 Å². The Morgan fingerprint density at radius 3 is 2.67 bits per heavy atom. The fraction of sp³-hybridized carbons (Fsp3) is 0.800. The van der Waals surface area contributed by atoms with Crippen LogP contribution in [0.2, 0.25) is 0 Å². The van der Waals surface area contributed by atoms with Crippen LogP contribution in [0.15, 0.2) is 12.3 Å². The van der Waals surface area contributed by atoms with E-state index < -0.39 is 0 Å². The number of aromatic nitrogens is 2. The molecular weight excluding hydrogens is 222 g/mol. The molecule has 2 aliphatic carbocycles. The number of rotatable bonds is 5. The first kappa shape index (κ1) is 12.2. The average Bonchev–Trinajstić information content (AvgIpc) is 2.92. The van der Waals surface area contributed by atoms with Crippen LogP contribution < -0.4 is 5.32 Å². The zero-order valence-electron chi connectivity index (χ0n) is 11.6. The molecule has 2 aliphatic rings. The van der Waals surface area contributed by atoms with Gasteiger partial charge in [-0.05, 0) is 50.1 Å². The molecule has 2 saturated carbocycles. The normalized spacial score (nSPS) is 32.0. The number of fused-ring (bicyclic) bond motifs is 1. The Morgan fingerprint density at radius 2 is 2.06 bits per heavy atom. The van der Waals surface area contributed by atoms with E-state index in [1.165, 1.54) is 31.4 Å². The zero-order valence-corrected chi connectivity index (χ0v) is 11.6. The summed E-state index contributed by atoms with van der Waals surface area (Å²) >= 11 is 0. The molecule has 0 amide bonds. The highest BCUT2D eigenvalue weighted by atomic mass is 15.3. The molecule has 1 N–H and O–H groups in total. The van der Waals surface area contributed by atoms with Gasteiger partial charge in [-0.2, -0.15) is 5.10 Å². The van der Waals surface area contributed by atoms with Crippen molar-refractivity contribution in [1.82, 2.24) is 15.1 Å². The van der Waals surface area contributed by atoms with Gasteiger partial charge in [0, 0.05) is 12.7 Å². The van der Waals surface area contributed by atoms with Crippen LogP contribution in [-0.4, -0.2) is 16.3 Å².